The molecule has 0 unspecified atom stereocenters. The van der Waals surface area contributed by atoms with E-state index in [1.54, 1.807) is 29.9 Å². The maximum atomic E-state index is 11.9. The molecule has 0 aliphatic heterocycles. The standard InChI is InChI=1S/C12H13N3O2/c1-8-7-11(15(2)14-8)13-12(17)9-3-5-10(16)6-4-9/h3-7,16H,1-2H3,(H,13,17). The number of nitrogens with one attached hydrogen (secondary N) is 1. The van der Waals surface area contributed by atoms with Crippen LogP contribution in [0.15, 0.2) is 30.3 Å². The number of phenolic OH excluding ortho intramolecular Hbond substituents is 1. The highest BCUT2D eigenvalue weighted by atomic mass is 16.3. The van der Waals surface area contributed by atoms with Gasteiger partial charge in [0.1, 0.15) is 11.6 Å². The number of benzene rings is 1. The van der Waals surface area contributed by atoms with Crippen LogP contribution in [-0.2, 0) is 7.05 Å². The highest BCUT2D eigenvalue weighted by Crippen LogP contribution is 2.13. The van der Waals surface area contributed by atoms with Crippen LogP contribution in [0.25, 0.3) is 0 Å². The lowest BCUT2D eigenvalue weighted by Crippen LogP contribution is -2.14. The third kappa shape index (κ3) is 2.44. The molecule has 0 atom stereocenters. The summed E-state index contributed by atoms with van der Waals surface area (Å²) in [5, 5.41) is 16.0. The third-order valence-electron chi connectivity index (χ3n) is 2.37. The predicted octanol–water partition coefficient (Wildman–Crippen LogP) is 1.69. The number of aromatic nitrogens is 2. The SMILES string of the molecule is Cc1cc(NC(=O)c2ccc(O)cc2)n(C)n1. The van der Waals surface area contributed by atoms with Gasteiger partial charge in [0.25, 0.3) is 5.91 Å². The van der Waals surface area contributed by atoms with Crippen LogP contribution >= 0.6 is 0 Å². The molecule has 0 spiro atoms. The molecule has 1 aromatic heterocycles. The van der Waals surface area contributed by atoms with E-state index in [0.29, 0.717) is 11.4 Å². The molecule has 0 bridgehead atoms. The molecule has 1 amide bonds. The Hall–Kier alpha value is -2.30. The van der Waals surface area contributed by atoms with Gasteiger partial charge in [-0.3, -0.25) is 9.48 Å². The van der Waals surface area contributed by atoms with Gasteiger partial charge in [-0.1, -0.05) is 0 Å². The number of aromatic hydroxyl groups is 1. The van der Waals surface area contributed by atoms with E-state index in [-0.39, 0.29) is 11.7 Å². The largest absolute Gasteiger partial charge is 0.508 e. The average Bonchev–Trinajstić information content (AvgIpc) is 2.58. The Kier molecular flexibility index (Phi) is 2.82. The van der Waals surface area contributed by atoms with Crippen molar-refractivity contribution in [1.29, 1.82) is 0 Å². The molecule has 2 aromatic rings. The number of aryl methyl sites for hydroxylation is 2. The highest BCUT2D eigenvalue weighted by Gasteiger charge is 2.09. The Morgan fingerprint density at radius 3 is 2.53 bits per heavy atom. The summed E-state index contributed by atoms with van der Waals surface area (Å²) in [4.78, 5) is 11.9. The fraction of sp³-hybridized carbons (Fsp3) is 0.167. The van der Waals surface area contributed by atoms with E-state index in [4.69, 9.17) is 5.11 Å². The van der Waals surface area contributed by atoms with Gasteiger partial charge >= 0.3 is 0 Å². The fourth-order valence-corrected chi connectivity index (χ4v) is 1.53. The number of hydrogen-bond acceptors (Lipinski definition) is 3. The summed E-state index contributed by atoms with van der Waals surface area (Å²) in [6.45, 7) is 1.86. The number of carbonyl (C=O) groups is 1. The molecule has 0 aliphatic carbocycles. The zero-order valence-corrected chi connectivity index (χ0v) is 9.64. The zero-order valence-electron chi connectivity index (χ0n) is 9.64. The van der Waals surface area contributed by atoms with Crippen molar-refractivity contribution in [2.24, 2.45) is 7.05 Å². The summed E-state index contributed by atoms with van der Waals surface area (Å²) in [5.41, 5.74) is 1.33. The lowest BCUT2D eigenvalue weighted by molar-refractivity contribution is 0.102. The Morgan fingerprint density at radius 1 is 1.35 bits per heavy atom. The van der Waals surface area contributed by atoms with Gasteiger partial charge in [0.15, 0.2) is 0 Å². The molecule has 1 heterocycles. The number of amides is 1. The van der Waals surface area contributed by atoms with Crippen molar-refractivity contribution in [3.05, 3.63) is 41.6 Å². The first-order valence-electron chi connectivity index (χ1n) is 5.17. The molecule has 5 nitrogen and oxygen atoms in total. The zero-order chi connectivity index (χ0) is 12.4. The van der Waals surface area contributed by atoms with Crippen molar-refractivity contribution in [3.8, 4) is 5.75 Å². The monoisotopic (exact) mass is 231 g/mol. The minimum absolute atomic E-state index is 0.137. The van der Waals surface area contributed by atoms with Gasteiger partial charge < -0.3 is 10.4 Å². The maximum absolute atomic E-state index is 11.9. The molecule has 0 fully saturated rings. The lowest BCUT2D eigenvalue weighted by Gasteiger charge is -2.04. The molecule has 0 radical (unpaired) electrons. The number of phenols is 1. The minimum atomic E-state index is -0.229. The van der Waals surface area contributed by atoms with Crippen molar-refractivity contribution in [2.45, 2.75) is 6.92 Å². The Morgan fingerprint density at radius 2 is 2.00 bits per heavy atom. The third-order valence-corrected chi connectivity index (χ3v) is 2.37. The van der Waals surface area contributed by atoms with Crippen LogP contribution in [0.5, 0.6) is 5.75 Å². The molecule has 0 saturated heterocycles. The van der Waals surface area contributed by atoms with E-state index in [0.717, 1.165) is 5.69 Å². The topological polar surface area (TPSA) is 67.2 Å². The van der Waals surface area contributed by atoms with E-state index < -0.39 is 0 Å². The van der Waals surface area contributed by atoms with Crippen LogP contribution in [-0.4, -0.2) is 20.8 Å². The molecule has 0 saturated carbocycles. The Labute approximate surface area is 98.7 Å². The second-order valence-electron chi connectivity index (χ2n) is 3.80. The number of carbonyl (C=O) groups excluding carboxylic acids is 1. The molecule has 88 valence electrons. The predicted molar refractivity (Wildman–Crippen MR) is 64.0 cm³/mol. The summed E-state index contributed by atoms with van der Waals surface area (Å²) < 4.78 is 1.60. The first-order valence-corrected chi connectivity index (χ1v) is 5.17. The number of rotatable bonds is 2. The second-order valence-corrected chi connectivity index (χ2v) is 3.80. The first-order chi connectivity index (χ1) is 8.06. The van der Waals surface area contributed by atoms with Crippen LogP contribution < -0.4 is 5.32 Å². The normalized spacial score (nSPS) is 10.2. The lowest BCUT2D eigenvalue weighted by atomic mass is 10.2. The van der Waals surface area contributed by atoms with Crippen molar-refractivity contribution in [3.63, 3.8) is 0 Å². The molecule has 5 heteroatoms. The van der Waals surface area contributed by atoms with Gasteiger partial charge in [-0.05, 0) is 31.2 Å². The maximum Gasteiger partial charge on any atom is 0.256 e. The molecular formula is C12H13N3O2. The molecular weight excluding hydrogens is 218 g/mol. The van der Waals surface area contributed by atoms with Gasteiger partial charge in [0.2, 0.25) is 0 Å². The Bertz CT molecular complexity index is 543. The fourth-order valence-electron chi connectivity index (χ4n) is 1.53. The Balaban J connectivity index is 2.17. The van der Waals surface area contributed by atoms with Gasteiger partial charge in [-0.2, -0.15) is 5.10 Å². The van der Waals surface area contributed by atoms with E-state index in [1.807, 2.05) is 6.92 Å². The van der Waals surface area contributed by atoms with Crippen molar-refractivity contribution < 1.29 is 9.90 Å². The number of anilines is 1. The van der Waals surface area contributed by atoms with E-state index in [2.05, 4.69) is 10.4 Å². The number of nitrogens with zero attached hydrogens (tertiary/aromatic N) is 2. The second kappa shape index (κ2) is 4.29. The van der Waals surface area contributed by atoms with Gasteiger partial charge in [0, 0.05) is 18.7 Å². The van der Waals surface area contributed by atoms with E-state index in [1.165, 1.54) is 12.1 Å². The molecule has 1 aromatic carbocycles. The van der Waals surface area contributed by atoms with Gasteiger partial charge in [-0.15, -0.1) is 0 Å². The smallest absolute Gasteiger partial charge is 0.256 e. The average molecular weight is 231 g/mol. The van der Waals surface area contributed by atoms with Gasteiger partial charge in [0.05, 0.1) is 5.69 Å². The summed E-state index contributed by atoms with van der Waals surface area (Å²) in [6, 6.07) is 7.87. The first kappa shape index (κ1) is 11.2. The van der Waals surface area contributed by atoms with Crippen LogP contribution in [0, 0.1) is 6.92 Å². The summed E-state index contributed by atoms with van der Waals surface area (Å²) in [6.07, 6.45) is 0. The highest BCUT2D eigenvalue weighted by molar-refractivity contribution is 6.03. The number of hydrogen-bond donors (Lipinski definition) is 2. The van der Waals surface area contributed by atoms with Crippen LogP contribution in [0.4, 0.5) is 5.82 Å². The van der Waals surface area contributed by atoms with Crippen molar-refractivity contribution >= 4 is 11.7 Å². The summed E-state index contributed by atoms with van der Waals surface area (Å²) in [5.74, 6) is 0.548. The van der Waals surface area contributed by atoms with E-state index >= 15 is 0 Å². The molecule has 0 aliphatic rings. The van der Waals surface area contributed by atoms with Crippen LogP contribution in [0.3, 0.4) is 0 Å². The molecule has 2 N–H and O–H groups in total. The quantitative estimate of drug-likeness (QED) is 0.826. The van der Waals surface area contributed by atoms with Crippen LogP contribution in [0.2, 0.25) is 0 Å². The van der Waals surface area contributed by atoms with Crippen molar-refractivity contribution in [2.75, 3.05) is 5.32 Å². The van der Waals surface area contributed by atoms with Crippen molar-refractivity contribution in [1.82, 2.24) is 9.78 Å². The molecule has 2 rings (SSSR count). The van der Waals surface area contributed by atoms with E-state index in [9.17, 15) is 4.79 Å². The minimum Gasteiger partial charge on any atom is -0.508 e. The van der Waals surface area contributed by atoms with Crippen LogP contribution in [0.1, 0.15) is 16.1 Å². The summed E-state index contributed by atoms with van der Waals surface area (Å²) in [7, 11) is 1.76. The van der Waals surface area contributed by atoms with Gasteiger partial charge in [-0.25, -0.2) is 0 Å². The summed E-state index contributed by atoms with van der Waals surface area (Å²) >= 11 is 0. The molecule has 17 heavy (non-hydrogen) atoms.